The molecule has 1 aromatic rings. The largest absolute Gasteiger partial charge is 0.496 e. The van der Waals surface area contributed by atoms with E-state index >= 15 is 0 Å². The Kier molecular flexibility index (Phi) is 6.87. The molecule has 0 heterocycles. The molecule has 0 bridgehead atoms. The van der Waals surface area contributed by atoms with E-state index < -0.39 is 0 Å². The van der Waals surface area contributed by atoms with Gasteiger partial charge in [-0.1, -0.05) is 43.6 Å². The lowest BCUT2D eigenvalue weighted by Crippen LogP contribution is -2.39. The third kappa shape index (κ3) is 4.81. The number of likely N-dealkylation sites (N-methyl/N-ethyl adjacent to an activating group) is 1. The van der Waals surface area contributed by atoms with Crippen molar-refractivity contribution in [1.82, 2.24) is 5.32 Å². The summed E-state index contributed by atoms with van der Waals surface area (Å²) in [6.45, 7) is 10.1. The van der Waals surface area contributed by atoms with Crippen LogP contribution < -0.4 is 10.1 Å². The van der Waals surface area contributed by atoms with Gasteiger partial charge in [0.15, 0.2) is 0 Å². The van der Waals surface area contributed by atoms with Gasteiger partial charge in [0.25, 0.3) is 0 Å². The summed E-state index contributed by atoms with van der Waals surface area (Å²) in [5.74, 6) is 2.27. The van der Waals surface area contributed by atoms with E-state index in [1.54, 1.807) is 7.11 Å². The van der Waals surface area contributed by atoms with E-state index in [9.17, 15) is 0 Å². The molecule has 0 fully saturated rings. The first-order valence-corrected chi connectivity index (χ1v) is 7.84. The van der Waals surface area contributed by atoms with Gasteiger partial charge in [-0.15, -0.1) is 0 Å². The smallest absolute Gasteiger partial charge is 0.122 e. The Bertz CT molecular complexity index is 392. The van der Waals surface area contributed by atoms with Crippen LogP contribution in [0.2, 0.25) is 0 Å². The second-order valence-corrected chi connectivity index (χ2v) is 6.34. The molecule has 19 heavy (non-hydrogen) atoms. The van der Waals surface area contributed by atoms with Crippen LogP contribution in [0.4, 0.5) is 0 Å². The molecule has 3 heteroatoms. The van der Waals surface area contributed by atoms with Crippen molar-refractivity contribution >= 4 is 15.9 Å². The van der Waals surface area contributed by atoms with Gasteiger partial charge in [0, 0.05) is 10.5 Å². The molecule has 0 saturated heterocycles. The molecule has 1 rings (SSSR count). The highest BCUT2D eigenvalue weighted by molar-refractivity contribution is 9.10. The Morgan fingerprint density at radius 1 is 1.26 bits per heavy atom. The van der Waals surface area contributed by atoms with E-state index in [0.717, 1.165) is 23.2 Å². The van der Waals surface area contributed by atoms with Crippen molar-refractivity contribution in [2.45, 2.75) is 40.2 Å². The number of ether oxygens (including phenoxy) is 1. The molecule has 0 aliphatic rings. The lowest BCUT2D eigenvalue weighted by Gasteiger charge is -2.28. The molecule has 0 aromatic heterocycles. The van der Waals surface area contributed by atoms with Crippen LogP contribution in [0.25, 0.3) is 0 Å². The monoisotopic (exact) mass is 327 g/mol. The Labute approximate surface area is 126 Å². The molecule has 0 spiro atoms. The third-order valence-electron chi connectivity index (χ3n) is 3.83. The van der Waals surface area contributed by atoms with Gasteiger partial charge in [-0.3, -0.25) is 0 Å². The second-order valence-electron chi connectivity index (χ2n) is 5.43. The predicted molar refractivity (Wildman–Crippen MR) is 85.9 cm³/mol. The summed E-state index contributed by atoms with van der Waals surface area (Å²) in [5, 5.41) is 3.61. The molecule has 2 atom stereocenters. The highest BCUT2D eigenvalue weighted by atomic mass is 79.9. The normalized spacial score (nSPS) is 14.5. The molecule has 0 saturated carbocycles. The van der Waals surface area contributed by atoms with Crippen LogP contribution in [0, 0.1) is 11.8 Å². The van der Waals surface area contributed by atoms with Gasteiger partial charge >= 0.3 is 0 Å². The van der Waals surface area contributed by atoms with Crippen molar-refractivity contribution in [3.63, 3.8) is 0 Å². The molecule has 0 radical (unpaired) electrons. The van der Waals surface area contributed by atoms with Crippen LogP contribution >= 0.6 is 15.9 Å². The Morgan fingerprint density at radius 3 is 2.47 bits per heavy atom. The molecular formula is C16H26BrNO. The van der Waals surface area contributed by atoms with Gasteiger partial charge in [0.05, 0.1) is 7.11 Å². The molecule has 1 N–H and O–H groups in total. The van der Waals surface area contributed by atoms with Crippen molar-refractivity contribution in [2.75, 3.05) is 13.7 Å². The van der Waals surface area contributed by atoms with E-state index in [4.69, 9.17) is 4.74 Å². The minimum absolute atomic E-state index is 0.480. The van der Waals surface area contributed by atoms with Gasteiger partial charge in [0.2, 0.25) is 0 Å². The zero-order chi connectivity index (χ0) is 14.4. The zero-order valence-electron chi connectivity index (χ0n) is 12.7. The van der Waals surface area contributed by atoms with Crippen molar-refractivity contribution in [1.29, 1.82) is 0 Å². The molecule has 2 nitrogen and oxygen atoms in total. The average Bonchev–Trinajstić information content (AvgIpc) is 2.37. The molecule has 2 unspecified atom stereocenters. The first-order valence-electron chi connectivity index (χ1n) is 7.05. The first-order chi connectivity index (χ1) is 8.99. The van der Waals surface area contributed by atoms with E-state index in [-0.39, 0.29) is 0 Å². The summed E-state index contributed by atoms with van der Waals surface area (Å²) in [5.41, 5.74) is 1.26. The Balaban J connectivity index is 2.92. The maximum absolute atomic E-state index is 5.47. The SMILES string of the molecule is CCNC(Cc1cc(Br)ccc1OC)C(C)C(C)C. The molecular weight excluding hydrogens is 302 g/mol. The Hall–Kier alpha value is -0.540. The number of rotatable bonds is 7. The highest BCUT2D eigenvalue weighted by Crippen LogP contribution is 2.27. The zero-order valence-corrected chi connectivity index (χ0v) is 14.3. The lowest BCUT2D eigenvalue weighted by atomic mass is 9.86. The number of hydrogen-bond acceptors (Lipinski definition) is 2. The van der Waals surface area contributed by atoms with Gasteiger partial charge in [-0.2, -0.15) is 0 Å². The standard InChI is InChI=1S/C16H26BrNO/c1-6-18-15(12(4)11(2)3)10-13-9-14(17)7-8-16(13)19-5/h7-9,11-12,15,18H,6,10H2,1-5H3. The summed E-state index contributed by atoms with van der Waals surface area (Å²) in [6, 6.07) is 6.70. The lowest BCUT2D eigenvalue weighted by molar-refractivity contribution is 0.297. The highest BCUT2D eigenvalue weighted by Gasteiger charge is 2.21. The maximum atomic E-state index is 5.47. The fourth-order valence-corrected chi connectivity index (χ4v) is 2.72. The molecule has 108 valence electrons. The van der Waals surface area contributed by atoms with E-state index in [2.05, 4.69) is 55.0 Å². The fraction of sp³-hybridized carbons (Fsp3) is 0.625. The number of halogens is 1. The number of nitrogens with one attached hydrogen (secondary N) is 1. The van der Waals surface area contributed by atoms with Crippen molar-refractivity contribution in [2.24, 2.45) is 11.8 Å². The predicted octanol–water partition coefficient (Wildman–Crippen LogP) is 4.27. The molecule has 0 aliphatic heterocycles. The Morgan fingerprint density at radius 2 is 1.95 bits per heavy atom. The third-order valence-corrected chi connectivity index (χ3v) is 4.33. The molecule has 0 aliphatic carbocycles. The summed E-state index contributed by atoms with van der Waals surface area (Å²) >= 11 is 3.54. The fourth-order valence-electron chi connectivity index (χ4n) is 2.31. The molecule has 0 amide bonds. The number of methoxy groups -OCH3 is 1. The van der Waals surface area contributed by atoms with Crippen molar-refractivity contribution in [3.05, 3.63) is 28.2 Å². The van der Waals surface area contributed by atoms with Crippen LogP contribution in [-0.4, -0.2) is 19.7 Å². The summed E-state index contributed by atoms with van der Waals surface area (Å²) in [4.78, 5) is 0. The van der Waals surface area contributed by atoms with E-state index in [0.29, 0.717) is 17.9 Å². The molecule has 1 aromatic carbocycles. The van der Waals surface area contributed by atoms with Crippen molar-refractivity contribution < 1.29 is 4.74 Å². The minimum Gasteiger partial charge on any atom is -0.496 e. The van der Waals surface area contributed by atoms with E-state index in [1.165, 1.54) is 5.56 Å². The summed E-state index contributed by atoms with van der Waals surface area (Å²) in [7, 11) is 1.74. The van der Waals surface area contributed by atoms with Crippen molar-refractivity contribution in [3.8, 4) is 5.75 Å². The van der Waals surface area contributed by atoms with E-state index in [1.807, 2.05) is 12.1 Å². The second kappa shape index (κ2) is 7.91. The topological polar surface area (TPSA) is 21.3 Å². The minimum atomic E-state index is 0.480. The van der Waals surface area contributed by atoms with Crippen LogP contribution in [0.5, 0.6) is 5.75 Å². The van der Waals surface area contributed by atoms with Gasteiger partial charge in [-0.25, -0.2) is 0 Å². The summed E-state index contributed by atoms with van der Waals surface area (Å²) < 4.78 is 6.58. The van der Waals surface area contributed by atoms with Gasteiger partial charge < -0.3 is 10.1 Å². The first kappa shape index (κ1) is 16.5. The maximum Gasteiger partial charge on any atom is 0.122 e. The van der Waals surface area contributed by atoms with Gasteiger partial charge in [-0.05, 0) is 48.6 Å². The quantitative estimate of drug-likeness (QED) is 0.807. The van der Waals surface area contributed by atoms with Crippen LogP contribution in [0.3, 0.4) is 0 Å². The average molecular weight is 328 g/mol. The van der Waals surface area contributed by atoms with Crippen LogP contribution in [0.1, 0.15) is 33.3 Å². The van der Waals surface area contributed by atoms with Crippen LogP contribution in [-0.2, 0) is 6.42 Å². The van der Waals surface area contributed by atoms with Gasteiger partial charge in [0.1, 0.15) is 5.75 Å². The summed E-state index contributed by atoms with van der Waals surface area (Å²) in [6.07, 6.45) is 0.996. The van der Waals surface area contributed by atoms with Crippen LogP contribution in [0.15, 0.2) is 22.7 Å². The number of hydrogen-bond donors (Lipinski definition) is 1. The number of benzene rings is 1.